The molecule has 3 aromatic carbocycles. The van der Waals surface area contributed by atoms with Gasteiger partial charge in [0.05, 0.1) is 6.61 Å². The second kappa shape index (κ2) is 11.1. The molecule has 12 heteroatoms. The Morgan fingerprint density at radius 1 is 0.789 bits per heavy atom. The largest absolute Gasteiger partial charge is 0.523 e. The third-order valence-electron chi connectivity index (χ3n) is 6.14. The maximum atomic E-state index is 15.4. The van der Waals surface area contributed by atoms with E-state index < -0.39 is 58.6 Å². The van der Waals surface area contributed by atoms with Crippen LogP contribution in [0.2, 0.25) is 0 Å². The molecule has 38 heavy (non-hydrogen) atoms. The van der Waals surface area contributed by atoms with Crippen molar-refractivity contribution in [1.29, 1.82) is 0 Å². The summed E-state index contributed by atoms with van der Waals surface area (Å²) < 4.78 is 92.5. The van der Waals surface area contributed by atoms with E-state index in [0.29, 0.717) is 16.7 Å². The first-order chi connectivity index (χ1) is 18.0. The number of benzene rings is 3. The van der Waals surface area contributed by atoms with E-state index in [2.05, 4.69) is 4.18 Å². The van der Waals surface area contributed by atoms with Crippen LogP contribution >= 0.6 is 0 Å². The molecule has 1 aliphatic heterocycles. The second-order valence-corrected chi connectivity index (χ2v) is 10.1. The summed E-state index contributed by atoms with van der Waals surface area (Å²) in [6, 6.07) is 26.6. The molecule has 1 fully saturated rings. The number of hydrogen-bond acceptors (Lipinski definition) is 7. The molecule has 204 valence electrons. The van der Waals surface area contributed by atoms with Gasteiger partial charge in [0.15, 0.2) is 12.5 Å². The Balaban J connectivity index is 1.72. The second-order valence-electron chi connectivity index (χ2n) is 8.55. The van der Waals surface area contributed by atoms with Crippen LogP contribution in [0.4, 0.5) is 17.6 Å². The number of alkyl halides is 4. The van der Waals surface area contributed by atoms with Gasteiger partial charge in [0, 0.05) is 0 Å². The molecular formula is C26H24F4O7S. The number of ether oxygens (including phenoxy) is 2. The lowest BCUT2D eigenvalue weighted by atomic mass is 9.80. The Kier molecular flexibility index (Phi) is 8.21. The third kappa shape index (κ3) is 5.46. The molecule has 5 atom stereocenters. The van der Waals surface area contributed by atoms with Crippen molar-refractivity contribution in [1.82, 2.24) is 0 Å². The van der Waals surface area contributed by atoms with E-state index in [1.54, 1.807) is 91.0 Å². The zero-order valence-electron chi connectivity index (χ0n) is 19.6. The summed E-state index contributed by atoms with van der Waals surface area (Å²) in [6.45, 7) is -0.671. The zero-order chi connectivity index (χ0) is 27.6. The number of aliphatic hydroxyl groups is 2. The third-order valence-corrected chi connectivity index (χ3v) is 7.18. The molecule has 0 spiro atoms. The molecule has 7 nitrogen and oxygen atoms in total. The van der Waals surface area contributed by atoms with Crippen molar-refractivity contribution in [3.63, 3.8) is 0 Å². The predicted octanol–water partition coefficient (Wildman–Crippen LogP) is 3.65. The molecule has 0 bridgehead atoms. The van der Waals surface area contributed by atoms with Crippen LogP contribution < -0.4 is 0 Å². The summed E-state index contributed by atoms with van der Waals surface area (Å²) in [7, 11) is -6.29. The van der Waals surface area contributed by atoms with Gasteiger partial charge >= 0.3 is 15.6 Å². The molecule has 4 rings (SSSR count). The lowest BCUT2D eigenvalue weighted by Gasteiger charge is -2.41. The minimum atomic E-state index is -6.29. The van der Waals surface area contributed by atoms with Crippen molar-refractivity contribution in [2.45, 2.75) is 41.9 Å². The average molecular weight is 557 g/mol. The Bertz CT molecular complexity index is 1190. The predicted molar refractivity (Wildman–Crippen MR) is 127 cm³/mol. The zero-order valence-corrected chi connectivity index (χ0v) is 20.4. The fourth-order valence-corrected chi connectivity index (χ4v) is 4.94. The normalized spacial score (nSPS) is 24.7. The molecular weight excluding hydrogens is 532 g/mol. The highest BCUT2D eigenvalue weighted by Gasteiger charge is 2.55. The van der Waals surface area contributed by atoms with Crippen molar-refractivity contribution in [3.05, 3.63) is 108 Å². The molecule has 0 aliphatic carbocycles. The molecule has 0 unspecified atom stereocenters. The highest BCUT2D eigenvalue weighted by atomic mass is 32.2. The van der Waals surface area contributed by atoms with Crippen LogP contribution in [0.1, 0.15) is 16.7 Å². The van der Waals surface area contributed by atoms with Crippen molar-refractivity contribution in [2.75, 3.05) is 6.61 Å². The van der Waals surface area contributed by atoms with E-state index in [9.17, 15) is 31.8 Å². The molecule has 1 saturated heterocycles. The van der Waals surface area contributed by atoms with Crippen LogP contribution in [0.15, 0.2) is 91.0 Å². The van der Waals surface area contributed by atoms with Crippen LogP contribution in [0.25, 0.3) is 0 Å². The van der Waals surface area contributed by atoms with Gasteiger partial charge in [-0.2, -0.15) is 21.6 Å². The lowest BCUT2D eigenvalue weighted by molar-refractivity contribution is -0.276. The van der Waals surface area contributed by atoms with Crippen molar-refractivity contribution in [2.24, 2.45) is 0 Å². The van der Waals surface area contributed by atoms with E-state index in [0.717, 1.165) is 0 Å². The van der Waals surface area contributed by atoms with Crippen molar-refractivity contribution >= 4 is 10.1 Å². The van der Waals surface area contributed by atoms with E-state index >= 15 is 4.39 Å². The summed E-state index contributed by atoms with van der Waals surface area (Å²) >= 11 is 0. The summed E-state index contributed by atoms with van der Waals surface area (Å²) in [5.41, 5.74) is -5.38. The first-order valence-corrected chi connectivity index (χ1v) is 12.8. The Morgan fingerprint density at radius 2 is 1.21 bits per heavy atom. The Hall–Kier alpha value is -2.87. The van der Waals surface area contributed by atoms with Gasteiger partial charge in [-0.25, -0.2) is 4.39 Å². The van der Waals surface area contributed by atoms with E-state index in [4.69, 9.17) is 9.47 Å². The van der Waals surface area contributed by atoms with Crippen LogP contribution in [-0.4, -0.2) is 61.5 Å². The standard InChI is InChI=1S/C26H24F4O7S/c27-21-20(36-24(32)22(31)23(21)37-38(33,34)26(28,29)30)16-35-25(17-10-4-1-5-11-17,18-12-6-2-7-13-18)19-14-8-3-9-15-19/h1-15,20-24,31-32H,16H2/t20-,21+,22+,23+,24+/m1/s1. The highest BCUT2D eigenvalue weighted by Crippen LogP contribution is 2.41. The quantitative estimate of drug-likeness (QED) is 0.189. The van der Waals surface area contributed by atoms with Gasteiger partial charge in [-0.1, -0.05) is 91.0 Å². The van der Waals surface area contributed by atoms with Crippen LogP contribution in [0.3, 0.4) is 0 Å². The summed E-state index contributed by atoms with van der Waals surface area (Å²) in [5.74, 6) is 0. The molecule has 0 saturated carbocycles. The Morgan fingerprint density at radius 3 is 1.61 bits per heavy atom. The first kappa shape index (κ1) is 28.1. The number of halogens is 4. The maximum absolute atomic E-state index is 15.4. The van der Waals surface area contributed by atoms with Crippen molar-refractivity contribution < 1.29 is 49.8 Å². The lowest BCUT2D eigenvalue weighted by Crippen LogP contribution is -2.59. The summed E-state index contributed by atoms with van der Waals surface area (Å²) in [6.07, 6.45) is -11.7. The van der Waals surface area contributed by atoms with Gasteiger partial charge in [0.1, 0.15) is 23.9 Å². The molecule has 0 radical (unpaired) electrons. The topological polar surface area (TPSA) is 102 Å². The maximum Gasteiger partial charge on any atom is 0.523 e. The fourth-order valence-electron chi connectivity index (χ4n) is 4.31. The number of hydrogen-bond donors (Lipinski definition) is 2. The molecule has 0 aromatic heterocycles. The first-order valence-electron chi connectivity index (χ1n) is 11.4. The number of aliphatic hydroxyl groups excluding tert-OH is 2. The van der Waals surface area contributed by atoms with Crippen LogP contribution in [-0.2, 0) is 29.4 Å². The Labute approximate surface area is 216 Å². The molecule has 2 N–H and O–H groups in total. The molecule has 0 amide bonds. The molecule has 1 heterocycles. The van der Waals surface area contributed by atoms with Crippen LogP contribution in [0.5, 0.6) is 0 Å². The van der Waals surface area contributed by atoms with Gasteiger partial charge in [0.25, 0.3) is 0 Å². The van der Waals surface area contributed by atoms with Gasteiger partial charge < -0.3 is 19.7 Å². The van der Waals surface area contributed by atoms with Gasteiger partial charge in [-0.15, -0.1) is 0 Å². The van der Waals surface area contributed by atoms with Crippen molar-refractivity contribution in [3.8, 4) is 0 Å². The minimum Gasteiger partial charge on any atom is -0.385 e. The van der Waals surface area contributed by atoms with Crippen LogP contribution in [0, 0.1) is 0 Å². The highest BCUT2D eigenvalue weighted by molar-refractivity contribution is 7.87. The average Bonchev–Trinajstić information content (AvgIpc) is 2.91. The molecule has 1 aliphatic rings. The molecule has 3 aromatic rings. The van der Waals surface area contributed by atoms with Gasteiger partial charge in [-0.05, 0) is 16.7 Å². The number of rotatable bonds is 8. The van der Waals surface area contributed by atoms with Gasteiger partial charge in [-0.3, -0.25) is 4.18 Å². The summed E-state index contributed by atoms with van der Waals surface area (Å²) in [5, 5.41) is 20.1. The van der Waals surface area contributed by atoms with Gasteiger partial charge in [0.2, 0.25) is 0 Å². The SMILES string of the molecule is O=S(=O)(O[C@@H]1[C@H](O)[C@@H](O)O[C@H](COC(c2ccccc2)(c2ccccc2)c2ccccc2)[C@@H]1F)C(F)(F)F. The van der Waals surface area contributed by atoms with E-state index in [1.807, 2.05) is 0 Å². The smallest absolute Gasteiger partial charge is 0.385 e. The van der Waals surface area contributed by atoms with E-state index in [1.165, 1.54) is 0 Å². The fraction of sp³-hybridized carbons (Fsp3) is 0.308. The minimum absolute atomic E-state index is 0.622. The monoisotopic (exact) mass is 556 g/mol. The van der Waals surface area contributed by atoms with E-state index in [-0.39, 0.29) is 0 Å². The summed E-state index contributed by atoms with van der Waals surface area (Å²) in [4.78, 5) is 0.